The molecule has 4 nitrogen and oxygen atoms in total. The Morgan fingerprint density at radius 1 is 1.67 bits per heavy atom. The fraction of sp³-hybridized carbons (Fsp3) is 0.909. The molecular formula is C11H21NO3. The van der Waals surface area contributed by atoms with Gasteiger partial charge in [-0.3, -0.25) is 4.79 Å². The lowest BCUT2D eigenvalue weighted by atomic mass is 10.1. The van der Waals surface area contributed by atoms with Gasteiger partial charge in [0.05, 0.1) is 18.8 Å². The SMILES string of the molecule is CC[C@@H](CO)NC(=O)CCC1CCCO1. The third-order valence-corrected chi connectivity index (χ3v) is 2.80. The number of amides is 1. The summed E-state index contributed by atoms with van der Waals surface area (Å²) >= 11 is 0. The van der Waals surface area contributed by atoms with Crippen LogP contribution in [0.15, 0.2) is 0 Å². The summed E-state index contributed by atoms with van der Waals surface area (Å²) in [7, 11) is 0. The second-order valence-electron chi connectivity index (χ2n) is 4.03. The summed E-state index contributed by atoms with van der Waals surface area (Å²) in [4.78, 5) is 11.5. The maximum atomic E-state index is 11.5. The van der Waals surface area contributed by atoms with E-state index in [2.05, 4.69) is 5.32 Å². The molecule has 1 rings (SSSR count). The summed E-state index contributed by atoms with van der Waals surface area (Å²) in [6, 6.07) is -0.0954. The van der Waals surface area contributed by atoms with Gasteiger partial charge in [0.25, 0.3) is 0 Å². The Morgan fingerprint density at radius 3 is 3.00 bits per heavy atom. The molecule has 2 atom stereocenters. The molecule has 1 heterocycles. The Morgan fingerprint density at radius 2 is 2.47 bits per heavy atom. The molecular weight excluding hydrogens is 194 g/mol. The smallest absolute Gasteiger partial charge is 0.220 e. The molecule has 0 bridgehead atoms. The average molecular weight is 215 g/mol. The first-order valence-electron chi connectivity index (χ1n) is 5.78. The maximum absolute atomic E-state index is 11.5. The highest BCUT2D eigenvalue weighted by atomic mass is 16.5. The van der Waals surface area contributed by atoms with Crippen molar-refractivity contribution in [3.05, 3.63) is 0 Å². The molecule has 2 N–H and O–H groups in total. The largest absolute Gasteiger partial charge is 0.394 e. The molecule has 0 aromatic heterocycles. The predicted octanol–water partition coefficient (Wildman–Crippen LogP) is 0.833. The second-order valence-corrected chi connectivity index (χ2v) is 4.03. The van der Waals surface area contributed by atoms with E-state index in [4.69, 9.17) is 9.84 Å². The zero-order chi connectivity index (χ0) is 11.1. The summed E-state index contributed by atoms with van der Waals surface area (Å²) in [5.41, 5.74) is 0. The van der Waals surface area contributed by atoms with Crippen molar-refractivity contribution in [3.8, 4) is 0 Å². The van der Waals surface area contributed by atoms with Crippen LogP contribution in [0.4, 0.5) is 0 Å². The van der Waals surface area contributed by atoms with Gasteiger partial charge in [-0.1, -0.05) is 6.92 Å². The number of hydrogen-bond acceptors (Lipinski definition) is 3. The van der Waals surface area contributed by atoms with Gasteiger partial charge in [-0.25, -0.2) is 0 Å². The highest BCUT2D eigenvalue weighted by Gasteiger charge is 2.17. The number of nitrogens with one attached hydrogen (secondary N) is 1. The van der Waals surface area contributed by atoms with Crippen LogP contribution in [0.2, 0.25) is 0 Å². The minimum absolute atomic E-state index is 0.0160. The van der Waals surface area contributed by atoms with Gasteiger partial charge in [-0.05, 0) is 25.7 Å². The van der Waals surface area contributed by atoms with Crippen LogP contribution in [0.1, 0.15) is 39.0 Å². The van der Waals surface area contributed by atoms with E-state index >= 15 is 0 Å². The number of carbonyl (C=O) groups excluding carboxylic acids is 1. The van der Waals surface area contributed by atoms with Gasteiger partial charge in [0.15, 0.2) is 0 Å². The Bertz CT molecular complexity index is 186. The topological polar surface area (TPSA) is 58.6 Å². The van der Waals surface area contributed by atoms with Crippen molar-refractivity contribution >= 4 is 5.91 Å². The van der Waals surface area contributed by atoms with Gasteiger partial charge in [-0.2, -0.15) is 0 Å². The van der Waals surface area contributed by atoms with Crippen LogP contribution in [0.3, 0.4) is 0 Å². The van der Waals surface area contributed by atoms with Crippen molar-refractivity contribution in [3.63, 3.8) is 0 Å². The van der Waals surface area contributed by atoms with E-state index in [-0.39, 0.29) is 24.7 Å². The van der Waals surface area contributed by atoms with Crippen molar-refractivity contribution in [2.24, 2.45) is 0 Å². The van der Waals surface area contributed by atoms with E-state index in [1.807, 2.05) is 6.92 Å². The number of hydrogen-bond donors (Lipinski definition) is 2. The molecule has 0 saturated carbocycles. The normalized spacial score (nSPS) is 22.7. The fourth-order valence-electron chi connectivity index (χ4n) is 1.74. The lowest BCUT2D eigenvalue weighted by Crippen LogP contribution is -2.37. The Hall–Kier alpha value is -0.610. The molecule has 1 amide bonds. The minimum atomic E-state index is -0.0954. The third kappa shape index (κ3) is 4.62. The van der Waals surface area contributed by atoms with Crippen molar-refractivity contribution in [2.75, 3.05) is 13.2 Å². The highest BCUT2D eigenvalue weighted by Crippen LogP contribution is 2.16. The molecule has 4 heteroatoms. The summed E-state index contributed by atoms with van der Waals surface area (Å²) < 4.78 is 5.43. The fourth-order valence-corrected chi connectivity index (χ4v) is 1.74. The van der Waals surface area contributed by atoms with Gasteiger partial charge < -0.3 is 15.2 Å². The van der Waals surface area contributed by atoms with Gasteiger partial charge in [0.1, 0.15) is 0 Å². The van der Waals surface area contributed by atoms with Gasteiger partial charge in [-0.15, -0.1) is 0 Å². The first kappa shape index (κ1) is 12.5. The molecule has 0 aliphatic carbocycles. The van der Waals surface area contributed by atoms with Crippen LogP contribution in [0.5, 0.6) is 0 Å². The van der Waals surface area contributed by atoms with Gasteiger partial charge in [0.2, 0.25) is 5.91 Å². The van der Waals surface area contributed by atoms with Crippen molar-refractivity contribution < 1.29 is 14.6 Å². The molecule has 1 saturated heterocycles. The summed E-state index contributed by atoms with van der Waals surface area (Å²) in [5, 5.41) is 11.7. The van der Waals surface area contributed by atoms with Crippen molar-refractivity contribution in [1.82, 2.24) is 5.32 Å². The summed E-state index contributed by atoms with van der Waals surface area (Å²) in [6.45, 7) is 2.80. The first-order valence-corrected chi connectivity index (χ1v) is 5.78. The first-order chi connectivity index (χ1) is 7.26. The molecule has 0 radical (unpaired) electrons. The predicted molar refractivity (Wildman–Crippen MR) is 57.5 cm³/mol. The van der Waals surface area contributed by atoms with Crippen LogP contribution in [-0.2, 0) is 9.53 Å². The summed E-state index contributed by atoms with van der Waals surface area (Å²) in [5.74, 6) is 0.0198. The van der Waals surface area contributed by atoms with Crippen LogP contribution in [-0.4, -0.2) is 36.4 Å². The zero-order valence-corrected chi connectivity index (χ0v) is 9.37. The average Bonchev–Trinajstić information content (AvgIpc) is 2.75. The Labute approximate surface area is 91.0 Å². The second kappa shape index (κ2) is 6.80. The molecule has 0 spiro atoms. The Kier molecular flexibility index (Phi) is 5.65. The molecule has 15 heavy (non-hydrogen) atoms. The van der Waals surface area contributed by atoms with Crippen LogP contribution >= 0.6 is 0 Å². The lowest BCUT2D eigenvalue weighted by Gasteiger charge is -2.15. The molecule has 88 valence electrons. The zero-order valence-electron chi connectivity index (χ0n) is 9.37. The molecule has 1 aliphatic rings. The monoisotopic (exact) mass is 215 g/mol. The molecule has 0 aromatic carbocycles. The number of ether oxygens (including phenoxy) is 1. The van der Waals surface area contributed by atoms with E-state index in [0.717, 1.165) is 32.3 Å². The maximum Gasteiger partial charge on any atom is 0.220 e. The third-order valence-electron chi connectivity index (χ3n) is 2.80. The molecule has 1 unspecified atom stereocenters. The van der Waals surface area contributed by atoms with E-state index in [9.17, 15) is 4.79 Å². The minimum Gasteiger partial charge on any atom is -0.394 e. The molecule has 0 aromatic rings. The quantitative estimate of drug-likeness (QED) is 0.690. The van der Waals surface area contributed by atoms with Crippen LogP contribution < -0.4 is 5.32 Å². The van der Waals surface area contributed by atoms with Crippen LogP contribution in [0, 0.1) is 0 Å². The lowest BCUT2D eigenvalue weighted by molar-refractivity contribution is -0.122. The number of rotatable bonds is 6. The van der Waals surface area contributed by atoms with Crippen molar-refractivity contribution in [2.45, 2.75) is 51.2 Å². The standard InChI is InChI=1S/C11H21NO3/c1-2-9(8-13)12-11(14)6-5-10-4-3-7-15-10/h9-10,13H,2-8H2,1H3,(H,12,14)/t9-,10?/m0/s1. The van der Waals surface area contributed by atoms with Crippen molar-refractivity contribution in [1.29, 1.82) is 0 Å². The highest BCUT2D eigenvalue weighted by molar-refractivity contribution is 5.76. The number of aliphatic hydroxyl groups is 1. The number of carbonyl (C=O) groups is 1. The number of aliphatic hydroxyl groups excluding tert-OH is 1. The van der Waals surface area contributed by atoms with E-state index in [1.165, 1.54) is 0 Å². The van der Waals surface area contributed by atoms with E-state index < -0.39 is 0 Å². The van der Waals surface area contributed by atoms with E-state index in [0.29, 0.717) is 6.42 Å². The molecule has 1 fully saturated rings. The van der Waals surface area contributed by atoms with Crippen LogP contribution in [0.25, 0.3) is 0 Å². The van der Waals surface area contributed by atoms with E-state index in [1.54, 1.807) is 0 Å². The van der Waals surface area contributed by atoms with Gasteiger partial charge >= 0.3 is 0 Å². The Balaban J connectivity index is 2.11. The molecule has 1 aliphatic heterocycles. The summed E-state index contributed by atoms with van der Waals surface area (Å²) in [6.07, 6.45) is 4.52. The van der Waals surface area contributed by atoms with Gasteiger partial charge in [0, 0.05) is 13.0 Å².